The highest BCUT2D eigenvalue weighted by atomic mass is 16.3. The van der Waals surface area contributed by atoms with Crippen molar-refractivity contribution >= 4 is 27.7 Å². The van der Waals surface area contributed by atoms with Crippen LogP contribution in [0.25, 0.3) is 33.5 Å². The number of aromatic nitrogens is 2. The second-order valence-corrected chi connectivity index (χ2v) is 5.10. The fourth-order valence-electron chi connectivity index (χ4n) is 2.56. The number of nitrogens with two attached hydrogens (primary N) is 1. The number of anilines is 1. The quantitative estimate of drug-likeness (QED) is 0.562. The Kier molecular flexibility index (Phi) is 2.68. The number of nitriles is 1. The van der Waals surface area contributed by atoms with E-state index in [4.69, 9.17) is 15.4 Å². The highest BCUT2D eigenvalue weighted by molar-refractivity contribution is 5.95. The smallest absolute Gasteiger partial charge is 0.268 e. The first-order valence-electron chi connectivity index (χ1n) is 6.89. The molecule has 0 aliphatic heterocycles. The van der Waals surface area contributed by atoms with E-state index in [-0.39, 0.29) is 11.3 Å². The number of hydrogen-bond donors (Lipinski definition) is 2. The molecule has 4 aromatic rings. The Hall–Kier alpha value is -3.59. The zero-order valence-corrected chi connectivity index (χ0v) is 11.8. The topological polar surface area (TPSA) is 109 Å². The third-order valence-corrected chi connectivity index (χ3v) is 3.71. The lowest BCUT2D eigenvalue weighted by Gasteiger charge is -2.05. The van der Waals surface area contributed by atoms with Crippen molar-refractivity contribution in [2.45, 2.75) is 0 Å². The molecule has 2 aromatic heterocycles. The summed E-state index contributed by atoms with van der Waals surface area (Å²) < 4.78 is 5.73. The third-order valence-electron chi connectivity index (χ3n) is 3.71. The van der Waals surface area contributed by atoms with Crippen LogP contribution in [0.3, 0.4) is 0 Å². The van der Waals surface area contributed by atoms with Crippen molar-refractivity contribution in [3.63, 3.8) is 0 Å². The van der Waals surface area contributed by atoms with Gasteiger partial charge >= 0.3 is 0 Å². The Morgan fingerprint density at radius 2 is 2.04 bits per heavy atom. The number of hydrogen-bond acceptors (Lipinski definition) is 5. The number of rotatable bonds is 1. The van der Waals surface area contributed by atoms with Crippen LogP contribution in [-0.4, -0.2) is 9.97 Å². The van der Waals surface area contributed by atoms with Gasteiger partial charge in [0.05, 0.1) is 11.2 Å². The monoisotopic (exact) mass is 302 g/mol. The third kappa shape index (κ3) is 1.95. The molecule has 0 saturated carbocycles. The first-order valence-corrected chi connectivity index (χ1v) is 6.89. The van der Waals surface area contributed by atoms with Crippen LogP contribution in [0.1, 0.15) is 5.56 Å². The molecule has 0 amide bonds. The van der Waals surface area contributed by atoms with E-state index in [9.17, 15) is 4.79 Å². The lowest BCUT2D eigenvalue weighted by atomic mass is 10.1. The van der Waals surface area contributed by atoms with E-state index in [2.05, 4.69) is 9.97 Å². The highest BCUT2D eigenvalue weighted by Gasteiger charge is 2.13. The molecule has 6 heteroatoms. The maximum Gasteiger partial charge on any atom is 0.268 e. The Morgan fingerprint density at radius 3 is 2.83 bits per heavy atom. The number of pyridine rings is 1. The van der Waals surface area contributed by atoms with Crippen molar-refractivity contribution < 1.29 is 4.42 Å². The van der Waals surface area contributed by atoms with E-state index in [0.717, 1.165) is 11.1 Å². The minimum Gasteiger partial charge on any atom is -0.436 e. The summed E-state index contributed by atoms with van der Waals surface area (Å²) in [5.41, 5.74) is 8.26. The van der Waals surface area contributed by atoms with Crippen molar-refractivity contribution in [1.29, 1.82) is 5.26 Å². The second kappa shape index (κ2) is 4.71. The van der Waals surface area contributed by atoms with Crippen molar-refractivity contribution in [2.75, 3.05) is 5.73 Å². The van der Waals surface area contributed by atoms with Crippen LogP contribution in [0.15, 0.2) is 51.7 Å². The summed E-state index contributed by atoms with van der Waals surface area (Å²) in [5, 5.41) is 9.64. The zero-order chi connectivity index (χ0) is 16.0. The average Bonchev–Trinajstić information content (AvgIpc) is 2.99. The van der Waals surface area contributed by atoms with Crippen LogP contribution in [0, 0.1) is 11.3 Å². The summed E-state index contributed by atoms with van der Waals surface area (Å²) in [4.78, 5) is 18.8. The van der Waals surface area contributed by atoms with E-state index in [1.807, 2.05) is 30.3 Å². The van der Waals surface area contributed by atoms with Gasteiger partial charge in [-0.3, -0.25) is 4.79 Å². The van der Waals surface area contributed by atoms with Crippen LogP contribution in [0.2, 0.25) is 0 Å². The maximum absolute atomic E-state index is 11.8. The summed E-state index contributed by atoms with van der Waals surface area (Å²) in [6.07, 6.45) is 0. The molecule has 110 valence electrons. The van der Waals surface area contributed by atoms with Gasteiger partial charge in [0.1, 0.15) is 17.1 Å². The molecule has 0 unspecified atom stereocenters. The van der Waals surface area contributed by atoms with Gasteiger partial charge in [0, 0.05) is 10.9 Å². The Balaban J connectivity index is 1.98. The predicted octanol–water partition coefficient (Wildman–Crippen LogP) is 2.79. The fourth-order valence-corrected chi connectivity index (χ4v) is 2.56. The first kappa shape index (κ1) is 13.1. The summed E-state index contributed by atoms with van der Waals surface area (Å²) in [6, 6.07) is 14.6. The van der Waals surface area contributed by atoms with Gasteiger partial charge in [-0.15, -0.1) is 0 Å². The molecule has 2 heterocycles. The van der Waals surface area contributed by atoms with Gasteiger partial charge in [0.2, 0.25) is 5.89 Å². The SMILES string of the molecule is N#Cc1c(N)c2cc(-c3nc4ccccc4o3)ccc2[nH]c1=O. The molecule has 0 fully saturated rings. The molecule has 0 aliphatic carbocycles. The number of nitrogens with zero attached hydrogens (tertiary/aromatic N) is 2. The molecule has 23 heavy (non-hydrogen) atoms. The van der Waals surface area contributed by atoms with Crippen molar-refractivity contribution in [1.82, 2.24) is 9.97 Å². The average molecular weight is 302 g/mol. The number of nitrogens with one attached hydrogen (secondary N) is 1. The first-order chi connectivity index (χ1) is 11.2. The van der Waals surface area contributed by atoms with Crippen LogP contribution >= 0.6 is 0 Å². The van der Waals surface area contributed by atoms with E-state index < -0.39 is 5.56 Å². The van der Waals surface area contributed by atoms with Gasteiger partial charge in [0.15, 0.2) is 5.58 Å². The minimum atomic E-state index is -0.493. The lowest BCUT2D eigenvalue weighted by Crippen LogP contribution is -2.13. The lowest BCUT2D eigenvalue weighted by molar-refractivity contribution is 0.620. The Bertz CT molecular complexity index is 1130. The summed E-state index contributed by atoms with van der Waals surface area (Å²) >= 11 is 0. The van der Waals surface area contributed by atoms with Crippen molar-refractivity contribution in [3.05, 3.63) is 58.4 Å². The van der Waals surface area contributed by atoms with E-state index in [1.165, 1.54) is 0 Å². The van der Waals surface area contributed by atoms with E-state index in [0.29, 0.717) is 22.4 Å². The molecular weight excluding hydrogens is 292 g/mol. The van der Waals surface area contributed by atoms with Crippen LogP contribution in [0.4, 0.5) is 5.69 Å². The molecule has 3 N–H and O–H groups in total. The molecule has 4 rings (SSSR count). The van der Waals surface area contributed by atoms with Gasteiger partial charge in [-0.05, 0) is 30.3 Å². The molecule has 6 nitrogen and oxygen atoms in total. The summed E-state index contributed by atoms with van der Waals surface area (Å²) in [5.74, 6) is 0.456. The van der Waals surface area contributed by atoms with Gasteiger partial charge in [-0.2, -0.15) is 5.26 Å². The summed E-state index contributed by atoms with van der Waals surface area (Å²) in [6.45, 7) is 0. The van der Waals surface area contributed by atoms with E-state index in [1.54, 1.807) is 18.2 Å². The number of nitrogen functional groups attached to an aromatic ring is 1. The normalized spacial score (nSPS) is 10.9. The minimum absolute atomic E-state index is 0.0905. The van der Waals surface area contributed by atoms with Crippen molar-refractivity contribution in [3.8, 4) is 17.5 Å². The summed E-state index contributed by atoms with van der Waals surface area (Å²) in [7, 11) is 0. The number of oxazole rings is 1. The zero-order valence-electron chi connectivity index (χ0n) is 11.8. The number of benzene rings is 2. The van der Waals surface area contributed by atoms with Crippen molar-refractivity contribution in [2.24, 2.45) is 0 Å². The van der Waals surface area contributed by atoms with Crippen LogP contribution < -0.4 is 11.3 Å². The number of aromatic amines is 1. The fraction of sp³-hybridized carbons (Fsp3) is 0. The Labute approximate surface area is 129 Å². The molecular formula is C17H10N4O2. The van der Waals surface area contributed by atoms with Gasteiger partial charge < -0.3 is 15.1 Å². The number of para-hydroxylation sites is 2. The molecule has 0 aliphatic rings. The predicted molar refractivity (Wildman–Crippen MR) is 86.7 cm³/mol. The molecule has 0 radical (unpaired) electrons. The molecule has 0 atom stereocenters. The van der Waals surface area contributed by atoms with Gasteiger partial charge in [-0.1, -0.05) is 12.1 Å². The second-order valence-electron chi connectivity index (χ2n) is 5.10. The largest absolute Gasteiger partial charge is 0.436 e. The molecule has 0 bridgehead atoms. The Morgan fingerprint density at radius 1 is 1.22 bits per heavy atom. The standard InChI is InChI=1S/C17H10N4O2/c18-8-11-15(19)10-7-9(5-6-12(10)20-16(11)22)17-21-13-3-1-2-4-14(13)23-17/h1-7H,(H3,19,20,22). The maximum atomic E-state index is 11.8. The highest BCUT2D eigenvalue weighted by Crippen LogP contribution is 2.29. The van der Waals surface area contributed by atoms with Gasteiger partial charge in [0.25, 0.3) is 5.56 Å². The number of fused-ring (bicyclic) bond motifs is 2. The van der Waals surface area contributed by atoms with E-state index >= 15 is 0 Å². The van der Waals surface area contributed by atoms with Gasteiger partial charge in [-0.25, -0.2) is 4.98 Å². The molecule has 0 spiro atoms. The number of H-pyrrole nitrogens is 1. The molecule has 0 saturated heterocycles. The van der Waals surface area contributed by atoms with Crippen LogP contribution in [0.5, 0.6) is 0 Å². The van der Waals surface area contributed by atoms with Crippen LogP contribution in [-0.2, 0) is 0 Å². The molecule has 2 aromatic carbocycles.